The molecular formula is C26H22N4O4S. The number of hydrogen-bond donors (Lipinski definition) is 2. The minimum atomic E-state index is -1.01. The van der Waals surface area contributed by atoms with E-state index in [4.69, 9.17) is 9.47 Å². The molecule has 0 saturated heterocycles. The summed E-state index contributed by atoms with van der Waals surface area (Å²) >= 11 is 1.32. The monoisotopic (exact) mass is 486 g/mol. The highest BCUT2D eigenvalue weighted by atomic mass is 32.1. The first kappa shape index (κ1) is 22.5. The van der Waals surface area contributed by atoms with Gasteiger partial charge >= 0.3 is 5.97 Å². The van der Waals surface area contributed by atoms with Gasteiger partial charge in [-0.3, -0.25) is 10.1 Å². The van der Waals surface area contributed by atoms with Crippen molar-refractivity contribution in [1.82, 2.24) is 15.0 Å². The van der Waals surface area contributed by atoms with Crippen LogP contribution in [0, 0.1) is 6.92 Å². The van der Waals surface area contributed by atoms with Gasteiger partial charge in [-0.05, 0) is 50.2 Å². The number of carbonyl (C=O) groups is 2. The fourth-order valence-electron chi connectivity index (χ4n) is 3.56. The van der Waals surface area contributed by atoms with Crippen LogP contribution in [0.15, 0.2) is 60.7 Å². The zero-order valence-electron chi connectivity index (χ0n) is 19.3. The van der Waals surface area contributed by atoms with E-state index in [0.717, 1.165) is 26.9 Å². The van der Waals surface area contributed by atoms with Gasteiger partial charge < -0.3 is 14.5 Å². The van der Waals surface area contributed by atoms with Gasteiger partial charge in [0.15, 0.2) is 11.2 Å². The minimum absolute atomic E-state index is 0.323. The lowest BCUT2D eigenvalue weighted by Crippen LogP contribution is -2.29. The van der Waals surface area contributed by atoms with Crippen LogP contribution in [-0.4, -0.2) is 40.0 Å². The molecule has 8 nitrogen and oxygen atoms in total. The van der Waals surface area contributed by atoms with Gasteiger partial charge in [0.2, 0.25) is 0 Å². The number of H-pyrrole nitrogens is 1. The number of nitrogens with one attached hydrogen (secondary N) is 2. The molecule has 0 saturated carbocycles. The second-order valence-corrected chi connectivity index (χ2v) is 9.10. The Balaban J connectivity index is 1.27. The number of ether oxygens (including phenoxy) is 2. The number of methoxy groups -OCH3 is 1. The summed E-state index contributed by atoms with van der Waals surface area (Å²) in [6.07, 6.45) is -1.01. The number of aromatic amines is 1. The van der Waals surface area contributed by atoms with Crippen LogP contribution in [0.25, 0.3) is 32.6 Å². The number of hydrogen-bond acceptors (Lipinski definition) is 7. The standard InChI is InChI=1S/C26H22N4O4S/c1-14-4-6-16(7-5-14)23-27-19-10-8-17(12-21(19)28-23)25(32)34-15(2)24(31)30-26-29-20-11-9-18(33-3)13-22(20)35-26/h4-13,15H,1-3H3,(H,27,28)(H,29,30,31). The third-order valence-electron chi connectivity index (χ3n) is 5.52. The maximum atomic E-state index is 12.7. The number of nitrogens with zero attached hydrogens (tertiary/aromatic N) is 2. The molecule has 0 bridgehead atoms. The van der Waals surface area contributed by atoms with Crippen LogP contribution in [0.2, 0.25) is 0 Å². The van der Waals surface area contributed by atoms with Gasteiger partial charge in [-0.25, -0.2) is 14.8 Å². The molecule has 2 heterocycles. The highest BCUT2D eigenvalue weighted by Crippen LogP contribution is 2.29. The molecule has 2 aromatic heterocycles. The first-order valence-corrected chi connectivity index (χ1v) is 11.7. The molecule has 3 aromatic carbocycles. The van der Waals surface area contributed by atoms with Gasteiger partial charge in [-0.15, -0.1) is 0 Å². The number of esters is 1. The van der Waals surface area contributed by atoms with Crippen molar-refractivity contribution in [1.29, 1.82) is 0 Å². The Morgan fingerprint density at radius 2 is 1.77 bits per heavy atom. The average Bonchev–Trinajstić information content (AvgIpc) is 3.46. The molecule has 0 aliphatic heterocycles. The van der Waals surface area contributed by atoms with Crippen LogP contribution >= 0.6 is 11.3 Å². The lowest BCUT2D eigenvalue weighted by atomic mass is 10.1. The molecule has 0 fully saturated rings. The minimum Gasteiger partial charge on any atom is -0.497 e. The van der Waals surface area contributed by atoms with Gasteiger partial charge in [0.05, 0.1) is 33.9 Å². The van der Waals surface area contributed by atoms with Gasteiger partial charge in [0.25, 0.3) is 5.91 Å². The molecule has 1 unspecified atom stereocenters. The number of amides is 1. The molecule has 9 heteroatoms. The molecule has 176 valence electrons. The maximum absolute atomic E-state index is 12.7. The molecule has 0 radical (unpaired) electrons. The van der Waals surface area contributed by atoms with Crippen LogP contribution in [0.4, 0.5) is 5.13 Å². The molecular weight excluding hydrogens is 464 g/mol. The van der Waals surface area contributed by atoms with E-state index in [0.29, 0.717) is 27.8 Å². The summed E-state index contributed by atoms with van der Waals surface area (Å²) < 4.78 is 11.5. The number of rotatable bonds is 6. The molecule has 35 heavy (non-hydrogen) atoms. The molecule has 0 aliphatic carbocycles. The van der Waals surface area contributed by atoms with Crippen LogP contribution in [0.5, 0.6) is 5.75 Å². The van der Waals surface area contributed by atoms with Crippen molar-refractivity contribution in [2.75, 3.05) is 12.4 Å². The molecule has 5 rings (SSSR count). The number of anilines is 1. The van der Waals surface area contributed by atoms with E-state index in [1.54, 1.807) is 31.4 Å². The number of thiazole rings is 1. The summed E-state index contributed by atoms with van der Waals surface area (Å²) in [7, 11) is 1.59. The second-order valence-electron chi connectivity index (χ2n) is 8.07. The summed E-state index contributed by atoms with van der Waals surface area (Å²) in [5, 5.41) is 3.13. The van der Waals surface area contributed by atoms with Crippen LogP contribution in [0.3, 0.4) is 0 Å². The zero-order valence-corrected chi connectivity index (χ0v) is 20.1. The molecule has 1 amide bonds. The average molecular weight is 487 g/mol. The lowest BCUT2D eigenvalue weighted by Gasteiger charge is -2.12. The van der Waals surface area contributed by atoms with E-state index in [2.05, 4.69) is 20.3 Å². The van der Waals surface area contributed by atoms with E-state index < -0.39 is 18.0 Å². The summed E-state index contributed by atoms with van der Waals surface area (Å²) in [5.74, 6) is 0.358. The first-order valence-electron chi connectivity index (χ1n) is 10.9. The molecule has 0 spiro atoms. The predicted molar refractivity (Wildman–Crippen MR) is 136 cm³/mol. The van der Waals surface area contributed by atoms with E-state index in [1.807, 2.05) is 43.3 Å². The molecule has 2 N–H and O–H groups in total. The highest BCUT2D eigenvalue weighted by Gasteiger charge is 2.21. The third-order valence-corrected chi connectivity index (χ3v) is 6.45. The first-order chi connectivity index (χ1) is 16.9. The Hall–Kier alpha value is -4.24. The quantitative estimate of drug-likeness (QED) is 0.314. The zero-order chi connectivity index (χ0) is 24.5. The smallest absolute Gasteiger partial charge is 0.338 e. The largest absolute Gasteiger partial charge is 0.497 e. The number of imidazole rings is 1. The highest BCUT2D eigenvalue weighted by molar-refractivity contribution is 7.22. The Labute approximate surface area is 204 Å². The predicted octanol–water partition coefficient (Wildman–Crippen LogP) is 5.34. The van der Waals surface area contributed by atoms with Crippen molar-refractivity contribution in [3.05, 3.63) is 71.8 Å². The van der Waals surface area contributed by atoms with Crippen LogP contribution in [-0.2, 0) is 9.53 Å². The molecule has 5 aromatic rings. The van der Waals surface area contributed by atoms with Gasteiger partial charge in [-0.1, -0.05) is 41.2 Å². The normalized spacial score (nSPS) is 12.0. The summed E-state index contributed by atoms with van der Waals surface area (Å²) in [6, 6.07) is 18.5. The lowest BCUT2D eigenvalue weighted by molar-refractivity contribution is -0.123. The SMILES string of the molecule is COc1ccc2nc(NC(=O)C(C)OC(=O)c3ccc4nc(-c5ccc(C)cc5)[nH]c4c3)sc2c1. The van der Waals surface area contributed by atoms with Crippen molar-refractivity contribution in [2.24, 2.45) is 0 Å². The van der Waals surface area contributed by atoms with Gasteiger partial charge in [0, 0.05) is 5.56 Å². The second kappa shape index (κ2) is 9.19. The maximum Gasteiger partial charge on any atom is 0.338 e. The topological polar surface area (TPSA) is 106 Å². The Kier molecular flexibility index (Phi) is 5.92. The summed E-state index contributed by atoms with van der Waals surface area (Å²) in [6.45, 7) is 3.55. The number of benzene rings is 3. The van der Waals surface area contributed by atoms with Crippen molar-refractivity contribution in [3.8, 4) is 17.1 Å². The number of aromatic nitrogens is 3. The Bertz CT molecular complexity index is 1560. The molecule has 1 atom stereocenters. The van der Waals surface area contributed by atoms with Crippen LogP contribution < -0.4 is 10.1 Å². The fourth-order valence-corrected chi connectivity index (χ4v) is 4.46. The Morgan fingerprint density at radius 1 is 1.00 bits per heavy atom. The van der Waals surface area contributed by atoms with Crippen molar-refractivity contribution < 1.29 is 19.1 Å². The fraction of sp³-hybridized carbons (Fsp3) is 0.154. The van der Waals surface area contributed by atoms with Gasteiger partial charge in [0.1, 0.15) is 11.6 Å². The van der Waals surface area contributed by atoms with E-state index in [1.165, 1.54) is 18.3 Å². The number of fused-ring (bicyclic) bond motifs is 2. The molecule has 0 aliphatic rings. The number of aryl methyl sites for hydroxylation is 1. The van der Waals surface area contributed by atoms with Crippen molar-refractivity contribution in [3.63, 3.8) is 0 Å². The van der Waals surface area contributed by atoms with E-state index >= 15 is 0 Å². The third kappa shape index (κ3) is 4.71. The van der Waals surface area contributed by atoms with Crippen molar-refractivity contribution in [2.45, 2.75) is 20.0 Å². The van der Waals surface area contributed by atoms with E-state index in [-0.39, 0.29) is 0 Å². The summed E-state index contributed by atoms with van der Waals surface area (Å²) in [4.78, 5) is 37.6. The summed E-state index contributed by atoms with van der Waals surface area (Å²) in [5.41, 5.74) is 4.62. The Morgan fingerprint density at radius 3 is 2.54 bits per heavy atom. The van der Waals surface area contributed by atoms with Crippen LogP contribution in [0.1, 0.15) is 22.8 Å². The van der Waals surface area contributed by atoms with E-state index in [9.17, 15) is 9.59 Å². The van der Waals surface area contributed by atoms with Gasteiger partial charge in [-0.2, -0.15) is 0 Å². The number of carbonyl (C=O) groups excluding carboxylic acids is 2. The van der Waals surface area contributed by atoms with Crippen molar-refractivity contribution >= 4 is 49.6 Å².